The molecule has 2 heterocycles. The number of carbonyl (C=O) groups excluding carboxylic acids is 4. The Labute approximate surface area is 191 Å². The van der Waals surface area contributed by atoms with Crippen LogP contribution in [0.3, 0.4) is 0 Å². The molecule has 2 fully saturated rings. The Hall–Kier alpha value is -2.34. The van der Waals surface area contributed by atoms with Gasteiger partial charge in [0.25, 0.3) is 0 Å². The molecule has 8 N–H and O–H groups in total. The largest absolute Gasteiger partial charge is 0.480 e. The third kappa shape index (κ3) is 7.37. The number of ketones is 1. The Morgan fingerprint density at radius 1 is 1.09 bits per heavy atom. The number of aliphatic carboxylic acids is 1. The zero-order chi connectivity index (χ0) is 23.7. The summed E-state index contributed by atoms with van der Waals surface area (Å²) < 4.78 is 0. The maximum atomic E-state index is 12.1. The van der Waals surface area contributed by atoms with E-state index < -0.39 is 29.6 Å². The molecule has 4 atom stereocenters. The number of urea groups is 1. The van der Waals surface area contributed by atoms with Gasteiger partial charge in [-0.3, -0.25) is 14.4 Å². The van der Waals surface area contributed by atoms with E-state index >= 15 is 0 Å². The number of fused-ring (bicyclic) bond motifs is 1. The van der Waals surface area contributed by atoms with Crippen LogP contribution in [0.5, 0.6) is 0 Å². The molecule has 11 nitrogen and oxygen atoms in total. The van der Waals surface area contributed by atoms with Crippen molar-refractivity contribution in [3.8, 4) is 0 Å². The summed E-state index contributed by atoms with van der Waals surface area (Å²) >= 11 is 1.86. The van der Waals surface area contributed by atoms with E-state index in [1.54, 1.807) is 0 Å². The van der Waals surface area contributed by atoms with E-state index in [-0.39, 0.29) is 30.4 Å². The van der Waals surface area contributed by atoms with Crippen molar-refractivity contribution in [2.45, 2.75) is 80.7 Å². The first-order valence-electron chi connectivity index (χ1n) is 10.9. The Kier molecular flexibility index (Phi) is 9.76. The Morgan fingerprint density at radius 3 is 2.50 bits per heavy atom. The second-order valence-corrected chi connectivity index (χ2v) is 9.64. The predicted molar refractivity (Wildman–Crippen MR) is 119 cm³/mol. The number of carboxylic acids is 1. The number of hydrogen-bond donors (Lipinski definition) is 6. The van der Waals surface area contributed by atoms with Gasteiger partial charge in [0.2, 0.25) is 11.8 Å². The first-order chi connectivity index (χ1) is 15.1. The second-order valence-electron chi connectivity index (χ2n) is 8.37. The van der Waals surface area contributed by atoms with Crippen LogP contribution in [0.1, 0.15) is 57.8 Å². The lowest BCUT2D eigenvalue weighted by molar-refractivity contribution is -0.150. The monoisotopic (exact) mass is 471 g/mol. The van der Waals surface area contributed by atoms with Gasteiger partial charge in [0, 0.05) is 30.4 Å². The number of thioether (sulfide) groups is 1. The van der Waals surface area contributed by atoms with Gasteiger partial charge in [-0.2, -0.15) is 11.8 Å². The van der Waals surface area contributed by atoms with Gasteiger partial charge in [0.15, 0.2) is 11.3 Å². The molecule has 0 bridgehead atoms. The highest BCUT2D eigenvalue weighted by Crippen LogP contribution is 2.33. The van der Waals surface area contributed by atoms with Gasteiger partial charge in [0.1, 0.15) is 0 Å². The highest BCUT2D eigenvalue weighted by Gasteiger charge is 2.43. The summed E-state index contributed by atoms with van der Waals surface area (Å²) in [5.41, 5.74) is 8.27. The normalized spacial score (nSPS) is 23.5. The zero-order valence-corrected chi connectivity index (χ0v) is 18.9. The van der Waals surface area contributed by atoms with Crippen LogP contribution in [0.2, 0.25) is 0 Å². The third-order valence-corrected chi connectivity index (χ3v) is 7.32. The molecular formula is C20H33N5O6S. The van der Waals surface area contributed by atoms with Crippen LogP contribution in [-0.2, 0) is 19.2 Å². The van der Waals surface area contributed by atoms with Crippen LogP contribution in [0.15, 0.2) is 0 Å². The van der Waals surface area contributed by atoms with Crippen LogP contribution < -0.4 is 27.4 Å². The Morgan fingerprint density at radius 2 is 1.81 bits per heavy atom. The first-order valence-corrected chi connectivity index (χ1v) is 12.0. The molecule has 0 radical (unpaired) electrons. The Bertz CT molecular complexity index is 735. The zero-order valence-electron chi connectivity index (χ0n) is 18.1. The number of carboxylic acid groups (broad SMARTS) is 1. The average Bonchev–Trinajstić information content (AvgIpc) is 3.26. The van der Waals surface area contributed by atoms with E-state index in [1.807, 2.05) is 11.8 Å². The molecule has 180 valence electrons. The first kappa shape index (κ1) is 25.9. The minimum absolute atomic E-state index is 0.0258. The summed E-state index contributed by atoms with van der Waals surface area (Å²) in [6.45, 7) is 0.473. The molecule has 2 saturated heterocycles. The average molecular weight is 472 g/mol. The highest BCUT2D eigenvalue weighted by atomic mass is 32.2. The number of carbonyl (C=O) groups is 5. The number of nitrogens with one attached hydrogen (secondary N) is 3. The number of amides is 4. The SMILES string of the molecule is NC(=O)C[C@](N)(C(=O)O)C(=O)CCCCCNC(=O)CCCC[C@@H]1SC[C@@H]2NC(=O)N[C@@H]21. The van der Waals surface area contributed by atoms with Crippen molar-refractivity contribution in [3.63, 3.8) is 0 Å². The fraction of sp³-hybridized carbons (Fsp3) is 0.750. The summed E-state index contributed by atoms with van der Waals surface area (Å²) in [7, 11) is 0. The number of primary amides is 1. The number of hydrogen-bond acceptors (Lipinski definition) is 7. The van der Waals surface area contributed by atoms with Crippen LogP contribution in [-0.4, -0.2) is 69.9 Å². The topological polar surface area (TPSA) is 194 Å². The van der Waals surface area contributed by atoms with Gasteiger partial charge in [-0.05, 0) is 25.7 Å². The molecule has 0 aromatic heterocycles. The molecule has 0 aliphatic carbocycles. The van der Waals surface area contributed by atoms with Crippen LogP contribution in [0.4, 0.5) is 4.79 Å². The molecule has 12 heteroatoms. The molecule has 0 saturated carbocycles. The maximum absolute atomic E-state index is 12.1. The van der Waals surface area contributed by atoms with Crippen molar-refractivity contribution in [1.82, 2.24) is 16.0 Å². The number of rotatable bonds is 15. The lowest BCUT2D eigenvalue weighted by Gasteiger charge is -2.21. The van der Waals surface area contributed by atoms with Crippen molar-refractivity contribution < 1.29 is 29.1 Å². The standard InChI is InChI=1S/C20H33N5O6S/c21-15(27)10-20(22,18(29)30)14(26)7-2-1-5-9-23-16(28)8-4-3-6-13-17-12(11-32-13)24-19(31)25-17/h12-13,17H,1-11,22H2,(H2,21,27)(H,23,28)(H,29,30)(H2,24,25,31)/t12-,13-,17-,20+/m0/s1. The van der Waals surface area contributed by atoms with Crippen molar-refractivity contribution >= 4 is 41.4 Å². The summed E-state index contributed by atoms with van der Waals surface area (Å²) in [5.74, 6) is -2.34. The fourth-order valence-corrected chi connectivity index (χ4v) is 5.51. The number of Topliss-reactive ketones (excluding diaryl/α,β-unsaturated/α-hetero) is 1. The third-order valence-electron chi connectivity index (χ3n) is 5.82. The van der Waals surface area contributed by atoms with E-state index in [9.17, 15) is 24.0 Å². The lowest BCUT2D eigenvalue weighted by atomic mass is 9.88. The van der Waals surface area contributed by atoms with Gasteiger partial charge >= 0.3 is 12.0 Å². The molecule has 0 unspecified atom stereocenters. The summed E-state index contributed by atoms with van der Waals surface area (Å²) in [6.07, 6.45) is 3.97. The molecule has 2 rings (SSSR count). The number of unbranched alkanes of at least 4 members (excludes halogenated alkanes) is 3. The highest BCUT2D eigenvalue weighted by molar-refractivity contribution is 8.00. The number of nitrogens with two attached hydrogens (primary N) is 2. The molecule has 0 aromatic carbocycles. The van der Waals surface area contributed by atoms with E-state index in [4.69, 9.17) is 16.6 Å². The molecule has 32 heavy (non-hydrogen) atoms. The Balaban J connectivity index is 1.50. The summed E-state index contributed by atoms with van der Waals surface area (Å²) in [4.78, 5) is 57.6. The van der Waals surface area contributed by atoms with E-state index in [0.29, 0.717) is 37.5 Å². The van der Waals surface area contributed by atoms with Gasteiger partial charge in [0.05, 0.1) is 18.5 Å². The lowest BCUT2D eigenvalue weighted by Crippen LogP contribution is -2.57. The summed E-state index contributed by atoms with van der Waals surface area (Å²) in [6, 6.07) is 0.303. The van der Waals surface area contributed by atoms with Crippen LogP contribution in [0, 0.1) is 0 Å². The van der Waals surface area contributed by atoms with Gasteiger partial charge in [-0.1, -0.05) is 12.8 Å². The predicted octanol–water partition coefficient (Wildman–Crippen LogP) is -0.385. The molecule has 0 spiro atoms. The van der Waals surface area contributed by atoms with Crippen molar-refractivity contribution in [1.29, 1.82) is 0 Å². The van der Waals surface area contributed by atoms with E-state index in [0.717, 1.165) is 25.0 Å². The molecule has 2 aliphatic rings. The van der Waals surface area contributed by atoms with Crippen LogP contribution >= 0.6 is 11.8 Å². The van der Waals surface area contributed by atoms with E-state index in [2.05, 4.69) is 16.0 Å². The van der Waals surface area contributed by atoms with Crippen molar-refractivity contribution in [2.75, 3.05) is 12.3 Å². The molecule has 4 amide bonds. The summed E-state index contributed by atoms with van der Waals surface area (Å²) in [5, 5.41) is 18.2. The molecule has 0 aromatic rings. The van der Waals surface area contributed by atoms with E-state index in [1.165, 1.54) is 0 Å². The smallest absolute Gasteiger partial charge is 0.332 e. The molecular weight excluding hydrogens is 438 g/mol. The van der Waals surface area contributed by atoms with Crippen molar-refractivity contribution in [3.05, 3.63) is 0 Å². The van der Waals surface area contributed by atoms with Gasteiger partial charge < -0.3 is 32.5 Å². The van der Waals surface area contributed by atoms with Gasteiger partial charge in [-0.25, -0.2) is 9.59 Å². The van der Waals surface area contributed by atoms with Gasteiger partial charge in [-0.15, -0.1) is 0 Å². The maximum Gasteiger partial charge on any atom is 0.332 e. The quantitative estimate of drug-likeness (QED) is 0.106. The second kappa shape index (κ2) is 12.0. The van der Waals surface area contributed by atoms with Crippen LogP contribution in [0.25, 0.3) is 0 Å². The fourth-order valence-electron chi connectivity index (χ4n) is 3.97. The molecule has 2 aliphatic heterocycles. The van der Waals surface area contributed by atoms with Crippen molar-refractivity contribution in [2.24, 2.45) is 11.5 Å². The minimum atomic E-state index is -2.28. The minimum Gasteiger partial charge on any atom is -0.480 e.